The van der Waals surface area contributed by atoms with Crippen molar-refractivity contribution in [1.82, 2.24) is 5.32 Å². The van der Waals surface area contributed by atoms with Crippen LogP contribution in [0.2, 0.25) is 0 Å². The second kappa shape index (κ2) is 7.77. The van der Waals surface area contributed by atoms with Gasteiger partial charge in [-0.3, -0.25) is 0 Å². The van der Waals surface area contributed by atoms with E-state index in [-0.39, 0.29) is 0 Å². The second-order valence-electron chi connectivity index (χ2n) is 4.23. The van der Waals surface area contributed by atoms with Crippen LogP contribution < -0.4 is 5.32 Å². The van der Waals surface area contributed by atoms with Gasteiger partial charge in [0.05, 0.1) is 11.7 Å². The van der Waals surface area contributed by atoms with Crippen LogP contribution in [-0.2, 0) is 10.9 Å². The molecule has 19 heavy (non-hydrogen) atoms. The molecule has 0 bridgehead atoms. The summed E-state index contributed by atoms with van der Waals surface area (Å²) in [5, 5.41) is 3.27. The van der Waals surface area contributed by atoms with Gasteiger partial charge in [0.1, 0.15) is 0 Å². The molecule has 0 saturated carbocycles. The zero-order valence-electron chi connectivity index (χ0n) is 10.7. The lowest BCUT2D eigenvalue weighted by Gasteiger charge is -2.20. The van der Waals surface area contributed by atoms with Crippen molar-refractivity contribution >= 4 is 12.6 Å². The summed E-state index contributed by atoms with van der Waals surface area (Å²) in [6.45, 7) is 2.25. The lowest BCUT2D eigenvalue weighted by molar-refractivity contribution is -0.137. The van der Waals surface area contributed by atoms with Gasteiger partial charge in [-0.1, -0.05) is 6.07 Å². The average molecular weight is 293 g/mol. The Hall–Kier alpha value is -0.720. The zero-order valence-corrected chi connectivity index (χ0v) is 11.6. The summed E-state index contributed by atoms with van der Waals surface area (Å²) in [5.74, 6) is 0. The highest BCUT2D eigenvalue weighted by atomic mass is 32.1. The van der Waals surface area contributed by atoms with Gasteiger partial charge in [0.15, 0.2) is 0 Å². The van der Waals surface area contributed by atoms with Crippen LogP contribution in [0.15, 0.2) is 29.2 Å². The van der Waals surface area contributed by atoms with Crippen molar-refractivity contribution in [1.29, 1.82) is 0 Å². The molecule has 1 saturated heterocycles. The molecule has 1 N–H and O–H groups in total. The van der Waals surface area contributed by atoms with E-state index >= 15 is 0 Å². The molecule has 108 valence electrons. The molecule has 0 aliphatic carbocycles. The SMILES string of the molecule is COC1CCNCC1.FC(F)(F)c1cccc(S)c1. The lowest BCUT2D eigenvalue weighted by Crippen LogP contribution is -2.31. The number of hydrogen-bond donors (Lipinski definition) is 2. The highest BCUT2D eigenvalue weighted by molar-refractivity contribution is 7.80. The van der Waals surface area contributed by atoms with Crippen LogP contribution in [0.3, 0.4) is 0 Å². The van der Waals surface area contributed by atoms with Crippen molar-refractivity contribution in [2.24, 2.45) is 0 Å². The summed E-state index contributed by atoms with van der Waals surface area (Å²) in [4.78, 5) is 0.319. The molecule has 6 heteroatoms. The molecule has 1 aliphatic rings. The third-order valence-electron chi connectivity index (χ3n) is 2.79. The van der Waals surface area contributed by atoms with Gasteiger partial charge in [-0.2, -0.15) is 13.2 Å². The number of methoxy groups -OCH3 is 1. The number of alkyl halides is 3. The summed E-state index contributed by atoms with van der Waals surface area (Å²) in [6, 6.07) is 4.83. The Kier molecular flexibility index (Phi) is 6.68. The van der Waals surface area contributed by atoms with Crippen LogP contribution in [0.5, 0.6) is 0 Å². The maximum absolute atomic E-state index is 11.9. The van der Waals surface area contributed by atoms with E-state index < -0.39 is 11.7 Å². The van der Waals surface area contributed by atoms with Crippen molar-refractivity contribution in [3.8, 4) is 0 Å². The molecule has 1 fully saturated rings. The maximum Gasteiger partial charge on any atom is 0.416 e. The number of hydrogen-bond acceptors (Lipinski definition) is 3. The van der Waals surface area contributed by atoms with Crippen LogP contribution in [0.25, 0.3) is 0 Å². The van der Waals surface area contributed by atoms with Gasteiger partial charge < -0.3 is 10.1 Å². The summed E-state index contributed by atoms with van der Waals surface area (Å²) in [6.07, 6.45) is -1.39. The molecule has 1 heterocycles. The lowest BCUT2D eigenvalue weighted by atomic mass is 10.1. The molecule has 0 atom stereocenters. The van der Waals surface area contributed by atoms with Crippen LogP contribution in [0.1, 0.15) is 18.4 Å². The Morgan fingerprint density at radius 3 is 2.26 bits per heavy atom. The first-order valence-corrected chi connectivity index (χ1v) is 6.48. The van der Waals surface area contributed by atoms with E-state index in [2.05, 4.69) is 17.9 Å². The normalized spacial score (nSPS) is 16.7. The Morgan fingerprint density at radius 2 is 1.89 bits per heavy atom. The van der Waals surface area contributed by atoms with Gasteiger partial charge in [0.25, 0.3) is 0 Å². The fourth-order valence-electron chi connectivity index (χ4n) is 1.71. The maximum atomic E-state index is 11.9. The molecule has 2 nitrogen and oxygen atoms in total. The number of ether oxygens (including phenoxy) is 1. The number of nitrogens with one attached hydrogen (secondary N) is 1. The number of rotatable bonds is 1. The zero-order chi connectivity index (χ0) is 14.3. The Morgan fingerprint density at radius 1 is 1.26 bits per heavy atom. The Labute approximate surface area is 116 Å². The Bertz CT molecular complexity index is 378. The van der Waals surface area contributed by atoms with Crippen LogP contribution >= 0.6 is 12.6 Å². The van der Waals surface area contributed by atoms with Gasteiger partial charge in [0, 0.05) is 12.0 Å². The molecule has 1 aromatic rings. The smallest absolute Gasteiger partial charge is 0.381 e. The van der Waals surface area contributed by atoms with E-state index in [4.69, 9.17) is 4.74 Å². The summed E-state index contributed by atoms with van der Waals surface area (Å²) in [7, 11) is 1.79. The van der Waals surface area contributed by atoms with Gasteiger partial charge in [-0.25, -0.2) is 0 Å². The number of benzene rings is 1. The molecular weight excluding hydrogens is 275 g/mol. The van der Waals surface area contributed by atoms with E-state index in [1.54, 1.807) is 7.11 Å². The minimum absolute atomic E-state index is 0.319. The van der Waals surface area contributed by atoms with Gasteiger partial charge in [-0.15, -0.1) is 12.6 Å². The van der Waals surface area contributed by atoms with Crippen molar-refractivity contribution in [3.05, 3.63) is 29.8 Å². The number of thiol groups is 1. The van der Waals surface area contributed by atoms with Crippen LogP contribution in [0, 0.1) is 0 Å². The first-order chi connectivity index (χ1) is 8.93. The van der Waals surface area contributed by atoms with Crippen molar-refractivity contribution in [2.45, 2.75) is 30.0 Å². The Balaban J connectivity index is 0.000000200. The van der Waals surface area contributed by atoms with E-state index in [1.807, 2.05) is 0 Å². The second-order valence-corrected chi connectivity index (χ2v) is 4.75. The molecule has 1 aliphatic heterocycles. The quantitative estimate of drug-likeness (QED) is 0.775. The first-order valence-electron chi connectivity index (χ1n) is 6.03. The minimum atomic E-state index is -4.27. The van der Waals surface area contributed by atoms with Crippen LogP contribution in [-0.4, -0.2) is 26.3 Å². The van der Waals surface area contributed by atoms with E-state index in [0.717, 1.165) is 25.2 Å². The van der Waals surface area contributed by atoms with E-state index in [9.17, 15) is 13.2 Å². The monoisotopic (exact) mass is 293 g/mol. The average Bonchev–Trinajstić information content (AvgIpc) is 2.39. The highest BCUT2D eigenvalue weighted by Gasteiger charge is 2.29. The third-order valence-corrected chi connectivity index (χ3v) is 3.07. The van der Waals surface area contributed by atoms with Crippen molar-refractivity contribution in [3.63, 3.8) is 0 Å². The fraction of sp³-hybridized carbons (Fsp3) is 0.538. The van der Waals surface area contributed by atoms with E-state index in [0.29, 0.717) is 11.0 Å². The fourth-order valence-corrected chi connectivity index (χ4v) is 1.94. The van der Waals surface area contributed by atoms with Gasteiger partial charge >= 0.3 is 6.18 Å². The minimum Gasteiger partial charge on any atom is -0.381 e. The molecule has 0 amide bonds. The molecule has 0 radical (unpaired) electrons. The topological polar surface area (TPSA) is 21.3 Å². The predicted octanol–water partition coefficient (Wildman–Crippen LogP) is 3.38. The summed E-state index contributed by atoms with van der Waals surface area (Å²) in [5.41, 5.74) is -0.662. The molecule has 0 unspecified atom stereocenters. The molecule has 2 rings (SSSR count). The largest absolute Gasteiger partial charge is 0.416 e. The molecule has 0 spiro atoms. The van der Waals surface area contributed by atoms with Crippen molar-refractivity contribution in [2.75, 3.05) is 20.2 Å². The molecular formula is C13H18F3NOS. The summed E-state index contributed by atoms with van der Waals surface area (Å²) < 4.78 is 41.0. The highest BCUT2D eigenvalue weighted by Crippen LogP contribution is 2.29. The van der Waals surface area contributed by atoms with Crippen LogP contribution in [0.4, 0.5) is 13.2 Å². The number of halogens is 3. The van der Waals surface area contributed by atoms with Gasteiger partial charge in [0.2, 0.25) is 0 Å². The third kappa shape index (κ3) is 6.31. The predicted molar refractivity (Wildman–Crippen MR) is 71.6 cm³/mol. The van der Waals surface area contributed by atoms with Crippen molar-refractivity contribution < 1.29 is 17.9 Å². The van der Waals surface area contributed by atoms with E-state index in [1.165, 1.54) is 25.0 Å². The number of piperidine rings is 1. The standard InChI is InChI=1S/C7H5F3S.C6H13NO/c8-7(9,10)5-2-1-3-6(11)4-5;1-8-6-2-4-7-5-3-6/h1-4,11H;6-7H,2-5H2,1H3. The molecule has 1 aromatic carbocycles. The van der Waals surface area contributed by atoms with Gasteiger partial charge in [-0.05, 0) is 44.1 Å². The summed E-state index contributed by atoms with van der Waals surface area (Å²) >= 11 is 3.79. The first kappa shape index (κ1) is 16.3. The molecule has 0 aromatic heterocycles.